The first-order chi connectivity index (χ1) is 11.2. The Morgan fingerprint density at radius 2 is 1.83 bits per heavy atom. The Hall–Kier alpha value is -1.85. The highest BCUT2D eigenvalue weighted by molar-refractivity contribution is 6.42. The number of aromatic nitrogens is 4. The van der Waals surface area contributed by atoms with E-state index in [0.717, 1.165) is 30.0 Å². The molecule has 1 saturated heterocycles. The Balaban J connectivity index is 1.85. The van der Waals surface area contributed by atoms with Crippen molar-refractivity contribution in [2.45, 2.75) is 19.3 Å². The molecule has 1 aromatic carbocycles. The predicted octanol–water partition coefficient (Wildman–Crippen LogP) is 4.32. The number of aromatic amines is 1. The number of hydrogen-bond donors (Lipinski definition) is 1. The van der Waals surface area contributed by atoms with E-state index in [1.165, 1.54) is 19.3 Å². The van der Waals surface area contributed by atoms with E-state index in [-0.39, 0.29) is 0 Å². The lowest BCUT2D eigenvalue weighted by Gasteiger charge is -2.28. The monoisotopic (exact) mass is 347 g/mol. The molecule has 0 saturated carbocycles. The second-order valence-corrected chi connectivity index (χ2v) is 6.46. The maximum Gasteiger partial charge on any atom is 0.183 e. The Labute approximate surface area is 143 Å². The molecule has 3 aromatic rings. The van der Waals surface area contributed by atoms with Crippen molar-refractivity contribution in [2.75, 3.05) is 18.0 Å². The maximum atomic E-state index is 6.13. The number of fused-ring (bicyclic) bond motifs is 1. The van der Waals surface area contributed by atoms with Gasteiger partial charge < -0.3 is 9.88 Å². The number of H-pyrrole nitrogens is 1. The summed E-state index contributed by atoms with van der Waals surface area (Å²) in [5.41, 5.74) is 2.39. The quantitative estimate of drug-likeness (QED) is 0.749. The molecule has 4 rings (SSSR count). The predicted molar refractivity (Wildman–Crippen MR) is 93.2 cm³/mol. The van der Waals surface area contributed by atoms with E-state index in [1.807, 2.05) is 6.07 Å². The van der Waals surface area contributed by atoms with Crippen LogP contribution in [0.4, 0.5) is 5.82 Å². The van der Waals surface area contributed by atoms with Crippen molar-refractivity contribution in [3.05, 3.63) is 34.6 Å². The molecule has 23 heavy (non-hydrogen) atoms. The van der Waals surface area contributed by atoms with Crippen LogP contribution in [-0.4, -0.2) is 33.0 Å². The van der Waals surface area contributed by atoms with Crippen molar-refractivity contribution in [1.29, 1.82) is 0 Å². The number of piperidine rings is 1. The van der Waals surface area contributed by atoms with E-state index in [2.05, 4.69) is 19.9 Å². The van der Waals surface area contributed by atoms with Gasteiger partial charge in [0, 0.05) is 18.7 Å². The third kappa shape index (κ3) is 2.75. The fourth-order valence-electron chi connectivity index (χ4n) is 2.92. The van der Waals surface area contributed by atoms with Crippen LogP contribution < -0.4 is 4.90 Å². The highest BCUT2D eigenvalue weighted by atomic mass is 35.5. The number of benzene rings is 1. The fourth-order valence-corrected chi connectivity index (χ4v) is 3.21. The summed E-state index contributed by atoms with van der Waals surface area (Å²) in [6.07, 6.45) is 5.29. The lowest BCUT2D eigenvalue weighted by molar-refractivity contribution is 0.574. The van der Waals surface area contributed by atoms with E-state index in [0.29, 0.717) is 21.5 Å². The minimum atomic E-state index is 0.495. The maximum absolute atomic E-state index is 6.13. The zero-order chi connectivity index (χ0) is 15.8. The molecule has 1 aliphatic rings. The van der Waals surface area contributed by atoms with Crippen LogP contribution in [0.25, 0.3) is 22.6 Å². The number of imidazole rings is 1. The van der Waals surface area contributed by atoms with Crippen LogP contribution >= 0.6 is 23.2 Å². The lowest BCUT2D eigenvalue weighted by atomic mass is 10.1. The molecule has 1 N–H and O–H groups in total. The molecule has 2 aromatic heterocycles. The lowest BCUT2D eigenvalue weighted by Crippen LogP contribution is -2.30. The Morgan fingerprint density at radius 1 is 1.00 bits per heavy atom. The van der Waals surface area contributed by atoms with Gasteiger partial charge in [-0.05, 0) is 37.5 Å². The zero-order valence-electron chi connectivity index (χ0n) is 12.4. The highest BCUT2D eigenvalue weighted by Crippen LogP contribution is 2.30. The molecule has 7 heteroatoms. The van der Waals surface area contributed by atoms with Gasteiger partial charge in [-0.1, -0.05) is 23.2 Å². The third-order valence-electron chi connectivity index (χ3n) is 4.10. The van der Waals surface area contributed by atoms with Crippen LogP contribution in [0.5, 0.6) is 0 Å². The summed E-state index contributed by atoms with van der Waals surface area (Å²) in [6.45, 7) is 2.01. The fraction of sp³-hybridized carbons (Fsp3) is 0.312. The number of hydrogen-bond acceptors (Lipinski definition) is 4. The van der Waals surface area contributed by atoms with Gasteiger partial charge in [-0.2, -0.15) is 0 Å². The summed E-state index contributed by atoms with van der Waals surface area (Å²) >= 11 is 12.1. The Kier molecular flexibility index (Phi) is 3.83. The van der Waals surface area contributed by atoms with Gasteiger partial charge in [0.2, 0.25) is 0 Å². The average Bonchev–Trinajstić information content (AvgIpc) is 3.06. The molecule has 0 radical (unpaired) electrons. The molecule has 3 heterocycles. The topological polar surface area (TPSA) is 57.7 Å². The summed E-state index contributed by atoms with van der Waals surface area (Å²) in [5.74, 6) is 1.53. The molecular weight excluding hydrogens is 333 g/mol. The van der Waals surface area contributed by atoms with E-state index >= 15 is 0 Å². The Morgan fingerprint density at radius 3 is 2.61 bits per heavy atom. The summed E-state index contributed by atoms with van der Waals surface area (Å²) in [4.78, 5) is 19.1. The van der Waals surface area contributed by atoms with Gasteiger partial charge in [0.15, 0.2) is 17.3 Å². The van der Waals surface area contributed by atoms with Crippen molar-refractivity contribution < 1.29 is 0 Å². The van der Waals surface area contributed by atoms with Crippen LogP contribution in [0, 0.1) is 0 Å². The summed E-state index contributed by atoms with van der Waals surface area (Å²) in [6, 6.07) is 5.43. The van der Waals surface area contributed by atoms with Gasteiger partial charge in [0.05, 0.1) is 16.4 Å². The minimum absolute atomic E-state index is 0.495. The number of halogens is 2. The van der Waals surface area contributed by atoms with Crippen LogP contribution in [-0.2, 0) is 0 Å². The molecule has 0 bridgehead atoms. The smallest absolute Gasteiger partial charge is 0.183 e. The second-order valence-electron chi connectivity index (χ2n) is 5.65. The summed E-state index contributed by atoms with van der Waals surface area (Å²) in [5, 5.41) is 1.02. The van der Waals surface area contributed by atoms with Gasteiger partial charge in [0.1, 0.15) is 5.52 Å². The van der Waals surface area contributed by atoms with E-state index in [4.69, 9.17) is 28.2 Å². The van der Waals surface area contributed by atoms with Crippen molar-refractivity contribution >= 4 is 40.2 Å². The van der Waals surface area contributed by atoms with Gasteiger partial charge >= 0.3 is 0 Å². The molecule has 0 aliphatic carbocycles. The summed E-state index contributed by atoms with van der Waals surface area (Å²) in [7, 11) is 0. The Bertz CT molecular complexity index is 855. The molecule has 0 amide bonds. The van der Waals surface area contributed by atoms with Crippen LogP contribution in [0.15, 0.2) is 24.5 Å². The van der Waals surface area contributed by atoms with Crippen molar-refractivity contribution in [3.63, 3.8) is 0 Å². The standard InChI is InChI=1S/C16H15Cl2N5/c17-11-5-4-10(8-12(11)18)14-21-15-13(19-9-20-15)16(22-14)23-6-2-1-3-7-23/h4-5,8-9H,1-3,6-7H2,(H,19,20,21,22). The van der Waals surface area contributed by atoms with Crippen molar-refractivity contribution in [2.24, 2.45) is 0 Å². The number of nitrogens with zero attached hydrogens (tertiary/aromatic N) is 4. The molecule has 118 valence electrons. The molecule has 0 spiro atoms. The van der Waals surface area contributed by atoms with Crippen LogP contribution in [0.3, 0.4) is 0 Å². The van der Waals surface area contributed by atoms with E-state index in [9.17, 15) is 0 Å². The van der Waals surface area contributed by atoms with Crippen molar-refractivity contribution in [3.8, 4) is 11.4 Å². The molecular formula is C16H15Cl2N5. The highest BCUT2D eigenvalue weighted by Gasteiger charge is 2.19. The zero-order valence-corrected chi connectivity index (χ0v) is 13.9. The number of rotatable bonds is 2. The molecule has 5 nitrogen and oxygen atoms in total. The first kappa shape index (κ1) is 14.7. The summed E-state index contributed by atoms with van der Waals surface area (Å²) < 4.78 is 0. The van der Waals surface area contributed by atoms with E-state index < -0.39 is 0 Å². The SMILES string of the molecule is Clc1ccc(-c2nc(N3CCCCC3)c3[nH]cnc3n2)cc1Cl. The van der Waals surface area contributed by atoms with Crippen LogP contribution in [0.1, 0.15) is 19.3 Å². The van der Waals surface area contributed by atoms with Gasteiger partial charge in [-0.25, -0.2) is 15.0 Å². The van der Waals surface area contributed by atoms with Gasteiger partial charge in [0.25, 0.3) is 0 Å². The average molecular weight is 348 g/mol. The number of anilines is 1. The van der Waals surface area contributed by atoms with Crippen molar-refractivity contribution in [1.82, 2.24) is 19.9 Å². The molecule has 1 fully saturated rings. The van der Waals surface area contributed by atoms with Crippen LogP contribution in [0.2, 0.25) is 10.0 Å². The largest absolute Gasteiger partial charge is 0.355 e. The number of nitrogens with one attached hydrogen (secondary N) is 1. The molecule has 0 unspecified atom stereocenters. The van der Waals surface area contributed by atoms with Gasteiger partial charge in [-0.3, -0.25) is 0 Å². The van der Waals surface area contributed by atoms with E-state index in [1.54, 1.807) is 18.5 Å². The minimum Gasteiger partial charge on any atom is -0.355 e. The second kappa shape index (κ2) is 5.98. The third-order valence-corrected chi connectivity index (χ3v) is 4.84. The molecule has 1 aliphatic heterocycles. The first-order valence-electron chi connectivity index (χ1n) is 7.64. The van der Waals surface area contributed by atoms with Gasteiger partial charge in [-0.15, -0.1) is 0 Å². The first-order valence-corrected chi connectivity index (χ1v) is 8.39. The normalized spacial score (nSPS) is 15.3. The molecule has 0 atom stereocenters.